The summed E-state index contributed by atoms with van der Waals surface area (Å²) < 4.78 is 29.2. The second kappa shape index (κ2) is 9.46. The molecule has 3 aromatic rings. The molecule has 0 saturated heterocycles. The zero-order valence-electron chi connectivity index (χ0n) is 20.2. The zero-order valence-corrected chi connectivity index (χ0v) is 20.2. The van der Waals surface area contributed by atoms with Gasteiger partial charge in [-0.3, -0.25) is 14.5 Å². The summed E-state index contributed by atoms with van der Waals surface area (Å²) in [5.41, 5.74) is 3.08. The van der Waals surface area contributed by atoms with Crippen LogP contribution in [0.1, 0.15) is 47.6 Å². The van der Waals surface area contributed by atoms with Gasteiger partial charge in [-0.05, 0) is 73.1 Å². The molecule has 190 valence electrons. The molecule has 2 aromatic carbocycles. The van der Waals surface area contributed by atoms with Gasteiger partial charge >= 0.3 is 0 Å². The first kappa shape index (κ1) is 23.4. The summed E-state index contributed by atoms with van der Waals surface area (Å²) in [6, 6.07) is 8.35. The smallest absolute Gasteiger partial charge is 0.251 e. The van der Waals surface area contributed by atoms with Crippen LogP contribution >= 0.6 is 0 Å². The second-order valence-electron chi connectivity index (χ2n) is 9.90. The third kappa shape index (κ3) is 4.61. The fraction of sp³-hybridized carbons (Fsp3) is 0.321. The summed E-state index contributed by atoms with van der Waals surface area (Å²) in [5, 5.41) is 18.0. The average molecular weight is 504 g/mol. The Morgan fingerprint density at radius 2 is 1.89 bits per heavy atom. The standard InChI is InChI=1S/C28H27F2N5O2/c29-23-11-21(12-24(30)27(23)36)28(37)32-15-17-1-5-22(6-2-17)35-16-20-4-3-18(13-25(20)33-35)19-7-9-34-10-8-31-26(34)14-19/h3-4,7,9,11-14,16-17,22,36H,1-2,5-6,8,10,15H2,(H,32,37). The molecule has 6 rings (SSSR count). The maximum absolute atomic E-state index is 13.5. The Hall–Kier alpha value is -4.01. The lowest BCUT2D eigenvalue weighted by Gasteiger charge is -2.28. The molecule has 3 heterocycles. The predicted molar refractivity (Wildman–Crippen MR) is 137 cm³/mol. The number of amides is 1. The van der Waals surface area contributed by atoms with Gasteiger partial charge in [0.25, 0.3) is 5.91 Å². The average Bonchev–Trinajstić information content (AvgIpc) is 3.56. The Balaban J connectivity index is 1.07. The Morgan fingerprint density at radius 3 is 2.68 bits per heavy atom. The predicted octanol–water partition coefficient (Wildman–Crippen LogP) is 4.81. The van der Waals surface area contributed by atoms with Crippen LogP contribution in [0.25, 0.3) is 16.5 Å². The molecule has 37 heavy (non-hydrogen) atoms. The van der Waals surface area contributed by atoms with Crippen LogP contribution in [0, 0.1) is 17.6 Å². The number of aliphatic imine (C=N–C) groups is 1. The van der Waals surface area contributed by atoms with E-state index in [0.29, 0.717) is 12.6 Å². The number of benzene rings is 2. The van der Waals surface area contributed by atoms with Crippen LogP contribution in [0.5, 0.6) is 5.75 Å². The van der Waals surface area contributed by atoms with Gasteiger partial charge < -0.3 is 15.3 Å². The Labute approximate surface area is 212 Å². The van der Waals surface area contributed by atoms with Crippen molar-refractivity contribution in [3.8, 4) is 5.75 Å². The van der Waals surface area contributed by atoms with E-state index < -0.39 is 23.3 Å². The molecular formula is C28H27F2N5O2. The van der Waals surface area contributed by atoms with Crippen molar-refractivity contribution in [2.24, 2.45) is 10.9 Å². The Kier molecular flexibility index (Phi) is 5.98. The highest BCUT2D eigenvalue weighted by Gasteiger charge is 2.24. The largest absolute Gasteiger partial charge is 0.503 e. The van der Waals surface area contributed by atoms with E-state index in [9.17, 15) is 18.7 Å². The molecule has 1 amide bonds. The minimum atomic E-state index is -1.15. The Morgan fingerprint density at radius 1 is 1.11 bits per heavy atom. The van der Waals surface area contributed by atoms with Crippen molar-refractivity contribution in [3.63, 3.8) is 0 Å². The van der Waals surface area contributed by atoms with Crippen LogP contribution < -0.4 is 5.32 Å². The maximum atomic E-state index is 13.5. The molecule has 7 nitrogen and oxygen atoms in total. The highest BCUT2D eigenvalue weighted by atomic mass is 19.1. The SMILES string of the molecule is O=C(NCC1CCC(n2cc3ccc(C4=CC5=NCCN5C=C4)cc3n2)CC1)c1cc(F)c(O)c(F)c1. The molecule has 3 aliphatic rings. The van der Waals surface area contributed by atoms with Gasteiger partial charge in [0.15, 0.2) is 17.4 Å². The number of hydrogen-bond donors (Lipinski definition) is 2. The third-order valence-electron chi connectivity index (χ3n) is 7.51. The monoisotopic (exact) mass is 503 g/mol. The van der Waals surface area contributed by atoms with E-state index >= 15 is 0 Å². The van der Waals surface area contributed by atoms with E-state index in [0.717, 1.165) is 78.8 Å². The number of nitrogens with zero attached hydrogens (tertiary/aromatic N) is 4. The molecule has 2 aliphatic heterocycles. The third-order valence-corrected chi connectivity index (χ3v) is 7.51. The Bertz CT molecular complexity index is 1440. The van der Waals surface area contributed by atoms with E-state index in [2.05, 4.69) is 62.6 Å². The number of carbonyl (C=O) groups excluding carboxylic acids is 1. The lowest BCUT2D eigenvalue weighted by atomic mass is 9.86. The molecule has 0 bridgehead atoms. The van der Waals surface area contributed by atoms with E-state index in [-0.39, 0.29) is 11.5 Å². The van der Waals surface area contributed by atoms with Crippen molar-refractivity contribution in [2.75, 3.05) is 19.6 Å². The maximum Gasteiger partial charge on any atom is 0.251 e. The van der Waals surface area contributed by atoms with Crippen molar-refractivity contribution in [3.05, 3.63) is 77.6 Å². The number of amidine groups is 1. The van der Waals surface area contributed by atoms with Crippen LogP contribution in [0.4, 0.5) is 8.78 Å². The van der Waals surface area contributed by atoms with E-state index in [1.807, 2.05) is 0 Å². The van der Waals surface area contributed by atoms with Crippen molar-refractivity contribution >= 4 is 28.2 Å². The van der Waals surface area contributed by atoms with Gasteiger partial charge in [0.05, 0.1) is 18.1 Å². The fourth-order valence-corrected chi connectivity index (χ4v) is 5.35. The van der Waals surface area contributed by atoms with Gasteiger partial charge in [-0.1, -0.05) is 12.1 Å². The first-order chi connectivity index (χ1) is 17.9. The zero-order chi connectivity index (χ0) is 25.5. The molecule has 0 radical (unpaired) electrons. The summed E-state index contributed by atoms with van der Waals surface area (Å²) in [5.74, 6) is -2.62. The van der Waals surface area contributed by atoms with E-state index in [1.165, 1.54) is 0 Å². The summed E-state index contributed by atoms with van der Waals surface area (Å²) in [6.07, 6.45) is 12.2. The summed E-state index contributed by atoms with van der Waals surface area (Å²) in [6.45, 7) is 2.21. The minimum absolute atomic E-state index is 0.142. The van der Waals surface area contributed by atoms with Gasteiger partial charge in [-0.15, -0.1) is 0 Å². The van der Waals surface area contributed by atoms with Crippen LogP contribution in [0.3, 0.4) is 0 Å². The van der Waals surface area contributed by atoms with Crippen molar-refractivity contribution in [1.82, 2.24) is 20.0 Å². The molecule has 1 fully saturated rings. The number of phenols is 1. The lowest BCUT2D eigenvalue weighted by Crippen LogP contribution is -2.31. The number of carbonyl (C=O) groups is 1. The van der Waals surface area contributed by atoms with Crippen LogP contribution in [0.2, 0.25) is 0 Å². The number of allylic oxidation sites excluding steroid dienone is 2. The van der Waals surface area contributed by atoms with Gasteiger partial charge in [0, 0.05) is 36.4 Å². The van der Waals surface area contributed by atoms with E-state index in [1.54, 1.807) is 0 Å². The number of halogens is 2. The van der Waals surface area contributed by atoms with Crippen molar-refractivity contribution in [2.45, 2.75) is 31.7 Å². The molecule has 1 saturated carbocycles. The number of aromatic hydroxyl groups is 1. The number of aromatic nitrogens is 2. The number of nitrogens with one attached hydrogen (secondary N) is 1. The summed E-state index contributed by atoms with van der Waals surface area (Å²) in [4.78, 5) is 19.0. The fourth-order valence-electron chi connectivity index (χ4n) is 5.35. The highest BCUT2D eigenvalue weighted by Crippen LogP contribution is 2.33. The lowest BCUT2D eigenvalue weighted by molar-refractivity contribution is 0.0940. The number of phenolic OH excluding ortho intramolecular Hbond substituents is 1. The molecule has 0 spiro atoms. The van der Waals surface area contributed by atoms with Crippen molar-refractivity contribution in [1.29, 1.82) is 0 Å². The van der Waals surface area contributed by atoms with Crippen LogP contribution in [-0.4, -0.2) is 51.2 Å². The summed E-state index contributed by atoms with van der Waals surface area (Å²) in [7, 11) is 0. The minimum Gasteiger partial charge on any atom is -0.503 e. The first-order valence-electron chi connectivity index (χ1n) is 12.6. The molecule has 1 aliphatic carbocycles. The van der Waals surface area contributed by atoms with Gasteiger partial charge in [0.1, 0.15) is 5.84 Å². The number of hydrogen-bond acceptors (Lipinski definition) is 5. The molecule has 1 aromatic heterocycles. The molecular weight excluding hydrogens is 476 g/mol. The van der Waals surface area contributed by atoms with Crippen LogP contribution in [-0.2, 0) is 0 Å². The molecule has 0 atom stereocenters. The number of fused-ring (bicyclic) bond motifs is 2. The quantitative estimate of drug-likeness (QED) is 0.524. The van der Waals surface area contributed by atoms with Crippen molar-refractivity contribution < 1.29 is 18.7 Å². The highest BCUT2D eigenvalue weighted by molar-refractivity contribution is 6.04. The van der Waals surface area contributed by atoms with Gasteiger partial charge in [-0.2, -0.15) is 5.10 Å². The normalized spacial score (nSPS) is 21.1. The molecule has 9 heteroatoms. The molecule has 0 unspecified atom stereocenters. The van der Waals surface area contributed by atoms with Gasteiger partial charge in [0.2, 0.25) is 0 Å². The van der Waals surface area contributed by atoms with E-state index in [4.69, 9.17) is 5.10 Å². The second-order valence-corrected chi connectivity index (χ2v) is 9.90. The van der Waals surface area contributed by atoms with Crippen LogP contribution in [0.15, 0.2) is 59.9 Å². The molecule has 2 N–H and O–H groups in total. The summed E-state index contributed by atoms with van der Waals surface area (Å²) >= 11 is 0. The number of rotatable bonds is 5. The van der Waals surface area contributed by atoms with Gasteiger partial charge in [-0.25, -0.2) is 8.78 Å². The topological polar surface area (TPSA) is 82.8 Å². The first-order valence-corrected chi connectivity index (χ1v) is 12.6.